The molecule has 0 spiro atoms. The van der Waals surface area contributed by atoms with E-state index < -0.39 is 0 Å². The summed E-state index contributed by atoms with van der Waals surface area (Å²) < 4.78 is 30.9. The highest BCUT2D eigenvalue weighted by molar-refractivity contribution is 5.52. The van der Waals surface area contributed by atoms with Gasteiger partial charge in [-0.2, -0.15) is 0 Å². The van der Waals surface area contributed by atoms with Gasteiger partial charge in [-0.1, -0.05) is 36.4 Å². The summed E-state index contributed by atoms with van der Waals surface area (Å²) in [5.74, 6) is 2.08. The van der Waals surface area contributed by atoms with Gasteiger partial charge in [0.05, 0.1) is 20.3 Å². The fraction of sp³-hybridized carbons (Fsp3) is 0.231. The van der Waals surface area contributed by atoms with Crippen molar-refractivity contribution in [3.05, 3.63) is 95.6 Å². The predicted octanol–water partition coefficient (Wildman–Crippen LogP) is 5.41. The first-order valence-corrected chi connectivity index (χ1v) is 10.9. The van der Waals surface area contributed by atoms with E-state index in [1.54, 1.807) is 19.2 Å². The molecule has 1 aromatic heterocycles. The van der Waals surface area contributed by atoms with Crippen molar-refractivity contribution in [1.82, 2.24) is 15.1 Å². The number of methoxy groups -OCH3 is 1. The number of aromatic nitrogens is 2. The minimum absolute atomic E-state index is 0.0774. The summed E-state index contributed by atoms with van der Waals surface area (Å²) in [5.41, 5.74) is 2.81. The van der Waals surface area contributed by atoms with Crippen LogP contribution < -0.4 is 9.47 Å². The van der Waals surface area contributed by atoms with E-state index in [1.807, 2.05) is 36.4 Å². The molecular weight excluding hydrogens is 421 g/mol. The number of nitrogens with zero attached hydrogens (tertiary/aromatic N) is 3. The van der Waals surface area contributed by atoms with Crippen molar-refractivity contribution >= 4 is 0 Å². The highest BCUT2D eigenvalue weighted by atomic mass is 19.1. The Morgan fingerprint density at radius 2 is 1.88 bits per heavy atom. The van der Waals surface area contributed by atoms with Crippen molar-refractivity contribution in [2.24, 2.45) is 0 Å². The third-order valence-electron chi connectivity index (χ3n) is 5.77. The van der Waals surface area contributed by atoms with Crippen molar-refractivity contribution in [1.29, 1.82) is 0 Å². The van der Waals surface area contributed by atoms with Gasteiger partial charge < -0.3 is 13.9 Å². The summed E-state index contributed by atoms with van der Waals surface area (Å²) in [6, 6.07) is 22.4. The minimum atomic E-state index is -0.342. The molecule has 0 saturated heterocycles. The first kappa shape index (κ1) is 21.2. The molecule has 0 fully saturated rings. The molecule has 4 aromatic rings. The second-order valence-corrected chi connectivity index (χ2v) is 7.96. The normalized spacial score (nSPS) is 15.2. The molecule has 0 bridgehead atoms. The van der Waals surface area contributed by atoms with Gasteiger partial charge in [0.25, 0.3) is 0 Å². The monoisotopic (exact) mass is 445 g/mol. The average molecular weight is 445 g/mol. The van der Waals surface area contributed by atoms with E-state index in [-0.39, 0.29) is 11.9 Å². The first-order valence-electron chi connectivity index (χ1n) is 10.9. The minimum Gasteiger partial charge on any atom is -0.497 e. The fourth-order valence-electron chi connectivity index (χ4n) is 4.18. The number of fused-ring (bicyclic) bond motifs is 1. The van der Waals surface area contributed by atoms with Crippen LogP contribution in [0.3, 0.4) is 0 Å². The van der Waals surface area contributed by atoms with Crippen LogP contribution in [0.5, 0.6) is 11.5 Å². The van der Waals surface area contributed by atoms with Crippen LogP contribution in [0.15, 0.2) is 77.2 Å². The molecule has 6 nitrogen and oxygen atoms in total. The van der Waals surface area contributed by atoms with E-state index in [0.29, 0.717) is 37.0 Å². The molecule has 1 unspecified atom stereocenters. The zero-order valence-electron chi connectivity index (χ0n) is 18.3. The molecule has 168 valence electrons. The Labute approximate surface area is 191 Å². The van der Waals surface area contributed by atoms with Crippen LogP contribution in [-0.2, 0) is 13.1 Å². The van der Waals surface area contributed by atoms with Crippen molar-refractivity contribution < 1.29 is 18.3 Å². The standard InChI is InChI=1S/C26H24FN3O3/c1-31-21-10-11-24-22(15-21)23(12-13-32-24)30(16-18-6-3-2-4-7-18)17-25-28-29-26(33-25)19-8-5-9-20(27)14-19/h2-11,14-15,23H,12-13,16-17H2,1H3. The van der Waals surface area contributed by atoms with Crippen LogP contribution >= 0.6 is 0 Å². The Kier molecular flexibility index (Phi) is 6.04. The molecule has 2 heterocycles. The number of hydrogen-bond donors (Lipinski definition) is 0. The lowest BCUT2D eigenvalue weighted by atomic mass is 9.97. The molecule has 1 aliphatic rings. The maximum absolute atomic E-state index is 13.6. The van der Waals surface area contributed by atoms with Crippen LogP contribution in [0.2, 0.25) is 0 Å². The highest BCUT2D eigenvalue weighted by Gasteiger charge is 2.29. The molecule has 0 amide bonds. The van der Waals surface area contributed by atoms with Gasteiger partial charge in [0.1, 0.15) is 17.3 Å². The van der Waals surface area contributed by atoms with E-state index in [0.717, 1.165) is 23.5 Å². The Morgan fingerprint density at radius 3 is 2.70 bits per heavy atom. The van der Waals surface area contributed by atoms with Crippen LogP contribution in [-0.4, -0.2) is 28.8 Å². The van der Waals surface area contributed by atoms with Gasteiger partial charge in [0.15, 0.2) is 0 Å². The van der Waals surface area contributed by atoms with Crippen molar-refractivity contribution in [2.45, 2.75) is 25.6 Å². The maximum atomic E-state index is 13.6. The van der Waals surface area contributed by atoms with Crippen molar-refractivity contribution in [3.63, 3.8) is 0 Å². The third kappa shape index (κ3) is 4.73. The van der Waals surface area contributed by atoms with Crippen molar-refractivity contribution in [3.8, 4) is 23.0 Å². The zero-order chi connectivity index (χ0) is 22.6. The van der Waals surface area contributed by atoms with Crippen LogP contribution in [0, 0.1) is 5.82 Å². The predicted molar refractivity (Wildman–Crippen MR) is 121 cm³/mol. The quantitative estimate of drug-likeness (QED) is 0.379. The van der Waals surface area contributed by atoms with Crippen LogP contribution in [0.1, 0.15) is 29.5 Å². The molecule has 0 radical (unpaired) electrons. The van der Waals surface area contributed by atoms with E-state index in [1.165, 1.54) is 17.7 Å². The second-order valence-electron chi connectivity index (χ2n) is 7.96. The number of benzene rings is 3. The lowest BCUT2D eigenvalue weighted by Crippen LogP contribution is -2.32. The summed E-state index contributed by atoms with van der Waals surface area (Å²) in [6.07, 6.45) is 0.817. The molecule has 0 saturated carbocycles. The molecule has 5 rings (SSSR count). The first-order chi connectivity index (χ1) is 16.2. The SMILES string of the molecule is COc1ccc2c(c1)C(N(Cc1ccccc1)Cc1nnc(-c3cccc(F)c3)o1)CCO2. The Hall–Kier alpha value is -3.71. The average Bonchev–Trinajstić information content (AvgIpc) is 3.32. The fourth-order valence-corrected chi connectivity index (χ4v) is 4.18. The topological polar surface area (TPSA) is 60.6 Å². The molecule has 1 atom stereocenters. The van der Waals surface area contributed by atoms with E-state index >= 15 is 0 Å². The van der Waals surface area contributed by atoms with E-state index in [9.17, 15) is 4.39 Å². The lowest BCUT2D eigenvalue weighted by Gasteiger charge is -2.35. The molecule has 0 aliphatic carbocycles. The third-order valence-corrected chi connectivity index (χ3v) is 5.77. The Bertz CT molecular complexity index is 1230. The van der Waals surface area contributed by atoms with Gasteiger partial charge in [-0.25, -0.2) is 4.39 Å². The van der Waals surface area contributed by atoms with Gasteiger partial charge in [-0.05, 0) is 42.0 Å². The maximum Gasteiger partial charge on any atom is 0.247 e. The molecule has 0 N–H and O–H groups in total. The smallest absolute Gasteiger partial charge is 0.247 e. The van der Waals surface area contributed by atoms with Gasteiger partial charge >= 0.3 is 0 Å². The number of hydrogen-bond acceptors (Lipinski definition) is 6. The number of rotatable bonds is 7. The largest absolute Gasteiger partial charge is 0.497 e. The van der Waals surface area contributed by atoms with Gasteiger partial charge in [-0.3, -0.25) is 4.90 Å². The highest BCUT2D eigenvalue weighted by Crippen LogP contribution is 2.39. The van der Waals surface area contributed by atoms with Gasteiger partial charge in [-0.15, -0.1) is 10.2 Å². The molecular formula is C26H24FN3O3. The number of ether oxygens (including phenoxy) is 2. The molecule has 1 aliphatic heterocycles. The zero-order valence-corrected chi connectivity index (χ0v) is 18.3. The van der Waals surface area contributed by atoms with E-state index in [4.69, 9.17) is 13.9 Å². The van der Waals surface area contributed by atoms with Gasteiger partial charge in [0.2, 0.25) is 11.8 Å². The van der Waals surface area contributed by atoms with Crippen LogP contribution in [0.4, 0.5) is 4.39 Å². The molecule has 7 heteroatoms. The van der Waals surface area contributed by atoms with Crippen molar-refractivity contribution in [2.75, 3.05) is 13.7 Å². The lowest BCUT2D eigenvalue weighted by molar-refractivity contribution is 0.116. The molecule has 3 aromatic carbocycles. The summed E-state index contributed by atoms with van der Waals surface area (Å²) in [4.78, 5) is 2.30. The molecule has 33 heavy (non-hydrogen) atoms. The number of halogens is 1. The van der Waals surface area contributed by atoms with Crippen LogP contribution in [0.25, 0.3) is 11.5 Å². The Balaban J connectivity index is 1.46. The van der Waals surface area contributed by atoms with Gasteiger partial charge in [0, 0.05) is 30.1 Å². The van der Waals surface area contributed by atoms with E-state index in [2.05, 4.69) is 27.2 Å². The Morgan fingerprint density at radius 1 is 1.00 bits per heavy atom. The summed E-state index contributed by atoms with van der Waals surface area (Å²) in [7, 11) is 1.66. The summed E-state index contributed by atoms with van der Waals surface area (Å²) in [5, 5.41) is 8.40. The summed E-state index contributed by atoms with van der Waals surface area (Å²) >= 11 is 0. The summed E-state index contributed by atoms with van der Waals surface area (Å²) in [6.45, 7) is 1.76. The second kappa shape index (κ2) is 9.42.